The van der Waals surface area contributed by atoms with Crippen LogP contribution < -0.4 is 11.0 Å². The number of nitrogens with one attached hydrogen (secondary N) is 1. The molecular formula is C17H17N5O2. The predicted molar refractivity (Wildman–Crippen MR) is 88.1 cm³/mol. The topological polar surface area (TPSA) is 81.8 Å². The monoisotopic (exact) mass is 323 g/mol. The van der Waals surface area contributed by atoms with Crippen LogP contribution in [0, 0.1) is 0 Å². The fourth-order valence-electron chi connectivity index (χ4n) is 2.42. The molecule has 0 aliphatic rings. The second kappa shape index (κ2) is 6.91. The molecule has 2 aromatic heterocycles. The fourth-order valence-corrected chi connectivity index (χ4v) is 2.42. The first kappa shape index (κ1) is 15.7. The summed E-state index contributed by atoms with van der Waals surface area (Å²) in [5.41, 5.74) is 1.47. The van der Waals surface area contributed by atoms with Crippen molar-refractivity contribution in [3.8, 4) is 0 Å². The van der Waals surface area contributed by atoms with E-state index in [0.717, 1.165) is 15.8 Å². The van der Waals surface area contributed by atoms with Crippen molar-refractivity contribution in [3.05, 3.63) is 82.8 Å². The third kappa shape index (κ3) is 3.40. The van der Waals surface area contributed by atoms with E-state index in [1.54, 1.807) is 19.4 Å². The normalized spacial score (nSPS) is 11.9. The molecule has 7 heteroatoms. The fraction of sp³-hybridized carbons (Fsp3) is 0.176. The molecule has 0 bridgehead atoms. The number of pyridine rings is 1. The van der Waals surface area contributed by atoms with E-state index in [4.69, 9.17) is 0 Å². The number of hydrogen-bond donors (Lipinski definition) is 1. The third-order valence-electron chi connectivity index (χ3n) is 3.64. The molecule has 0 saturated carbocycles. The van der Waals surface area contributed by atoms with Gasteiger partial charge in [-0.25, -0.2) is 9.48 Å². The number of rotatable bonds is 5. The van der Waals surface area contributed by atoms with E-state index < -0.39 is 0 Å². The summed E-state index contributed by atoms with van der Waals surface area (Å²) in [7, 11) is 1.59. The molecule has 0 saturated heterocycles. The Kier molecular flexibility index (Phi) is 4.51. The molecule has 24 heavy (non-hydrogen) atoms. The number of amides is 1. The van der Waals surface area contributed by atoms with Crippen molar-refractivity contribution in [1.29, 1.82) is 0 Å². The summed E-state index contributed by atoms with van der Waals surface area (Å²) in [5.74, 6) is -0.298. The van der Waals surface area contributed by atoms with Crippen LogP contribution in [0.3, 0.4) is 0 Å². The Balaban J connectivity index is 1.83. The maximum absolute atomic E-state index is 12.4. The molecule has 2 heterocycles. The highest BCUT2D eigenvalue weighted by Gasteiger charge is 2.18. The zero-order valence-electron chi connectivity index (χ0n) is 13.2. The number of carbonyl (C=O) groups excluding carboxylic acids is 1. The zero-order chi connectivity index (χ0) is 16.9. The van der Waals surface area contributed by atoms with Crippen molar-refractivity contribution < 1.29 is 4.79 Å². The van der Waals surface area contributed by atoms with Crippen LogP contribution in [-0.2, 0) is 18.4 Å². The Morgan fingerprint density at radius 1 is 1.17 bits per heavy atom. The van der Waals surface area contributed by atoms with E-state index in [9.17, 15) is 9.59 Å². The second-order valence-corrected chi connectivity index (χ2v) is 5.38. The maximum Gasteiger partial charge on any atom is 0.345 e. The summed E-state index contributed by atoms with van der Waals surface area (Å²) >= 11 is 0. The molecule has 3 aromatic rings. The van der Waals surface area contributed by atoms with Crippen LogP contribution in [0.4, 0.5) is 0 Å². The number of aromatic nitrogens is 4. The van der Waals surface area contributed by atoms with E-state index in [2.05, 4.69) is 15.4 Å². The molecule has 3 rings (SSSR count). The van der Waals surface area contributed by atoms with Crippen LogP contribution in [0.5, 0.6) is 0 Å². The van der Waals surface area contributed by atoms with Crippen molar-refractivity contribution in [2.75, 3.05) is 0 Å². The van der Waals surface area contributed by atoms with Gasteiger partial charge in [-0.15, -0.1) is 0 Å². The average Bonchev–Trinajstić information content (AvgIpc) is 2.93. The second-order valence-electron chi connectivity index (χ2n) is 5.38. The standard InChI is InChI=1S/C17H17N5O2/c1-21-12-19-22(17(21)24)11-15(23)20-16(13-6-3-2-4-7-13)14-8-5-9-18-10-14/h2-10,12,16H,11H2,1H3,(H,20,23)/t16-/m0/s1. The lowest BCUT2D eigenvalue weighted by Crippen LogP contribution is -2.35. The number of hydrogen-bond acceptors (Lipinski definition) is 4. The lowest BCUT2D eigenvalue weighted by atomic mass is 10.0. The predicted octanol–water partition coefficient (Wildman–Crippen LogP) is 0.883. The lowest BCUT2D eigenvalue weighted by molar-refractivity contribution is -0.122. The van der Waals surface area contributed by atoms with E-state index in [0.29, 0.717) is 0 Å². The van der Waals surface area contributed by atoms with Gasteiger partial charge in [0.15, 0.2) is 0 Å². The molecule has 122 valence electrons. The van der Waals surface area contributed by atoms with E-state index in [1.807, 2.05) is 42.5 Å². The summed E-state index contributed by atoms with van der Waals surface area (Å²) in [5, 5.41) is 6.85. The van der Waals surface area contributed by atoms with Gasteiger partial charge in [0.25, 0.3) is 0 Å². The largest absolute Gasteiger partial charge is 0.345 e. The maximum atomic E-state index is 12.4. The van der Waals surface area contributed by atoms with Gasteiger partial charge in [-0.05, 0) is 17.2 Å². The van der Waals surface area contributed by atoms with Gasteiger partial charge in [-0.2, -0.15) is 5.10 Å². The van der Waals surface area contributed by atoms with Crippen LogP contribution in [0.1, 0.15) is 17.2 Å². The number of nitrogens with zero attached hydrogens (tertiary/aromatic N) is 4. The van der Waals surface area contributed by atoms with Crippen LogP contribution in [0.2, 0.25) is 0 Å². The third-order valence-corrected chi connectivity index (χ3v) is 3.64. The first-order chi connectivity index (χ1) is 11.6. The quantitative estimate of drug-likeness (QED) is 0.756. The highest BCUT2D eigenvalue weighted by Crippen LogP contribution is 2.20. The summed E-state index contributed by atoms with van der Waals surface area (Å²) in [6, 6.07) is 13.0. The van der Waals surface area contributed by atoms with Gasteiger partial charge in [0.1, 0.15) is 12.9 Å². The molecule has 0 aliphatic heterocycles. The number of benzene rings is 1. The van der Waals surface area contributed by atoms with Crippen molar-refractivity contribution >= 4 is 5.91 Å². The Labute approximate surface area is 138 Å². The van der Waals surface area contributed by atoms with Crippen molar-refractivity contribution in [3.63, 3.8) is 0 Å². The lowest BCUT2D eigenvalue weighted by Gasteiger charge is -2.19. The van der Waals surface area contributed by atoms with Gasteiger partial charge < -0.3 is 5.32 Å². The molecule has 1 atom stereocenters. The minimum atomic E-state index is -0.341. The Morgan fingerprint density at radius 2 is 1.92 bits per heavy atom. The molecule has 0 fully saturated rings. The summed E-state index contributed by atoms with van der Waals surface area (Å²) < 4.78 is 2.45. The minimum Gasteiger partial charge on any atom is -0.344 e. The molecule has 0 spiro atoms. The van der Waals surface area contributed by atoms with Gasteiger partial charge in [-0.1, -0.05) is 36.4 Å². The first-order valence-electron chi connectivity index (χ1n) is 7.48. The summed E-state index contributed by atoms with van der Waals surface area (Å²) in [4.78, 5) is 28.3. The van der Waals surface area contributed by atoms with Gasteiger partial charge in [0.05, 0.1) is 6.04 Å². The molecule has 0 radical (unpaired) electrons. The summed E-state index contributed by atoms with van der Waals surface area (Å²) in [6.45, 7) is -0.136. The molecule has 1 N–H and O–H groups in total. The molecule has 1 amide bonds. The van der Waals surface area contributed by atoms with E-state index in [1.165, 1.54) is 10.9 Å². The Morgan fingerprint density at radius 3 is 2.54 bits per heavy atom. The zero-order valence-corrected chi connectivity index (χ0v) is 13.2. The minimum absolute atomic E-state index is 0.136. The highest BCUT2D eigenvalue weighted by atomic mass is 16.2. The number of carbonyl (C=O) groups is 1. The van der Waals surface area contributed by atoms with Gasteiger partial charge >= 0.3 is 5.69 Å². The first-order valence-corrected chi connectivity index (χ1v) is 7.48. The van der Waals surface area contributed by atoms with E-state index in [-0.39, 0.29) is 24.2 Å². The van der Waals surface area contributed by atoms with Gasteiger partial charge in [-0.3, -0.25) is 14.3 Å². The van der Waals surface area contributed by atoms with Crippen molar-refractivity contribution in [2.45, 2.75) is 12.6 Å². The van der Waals surface area contributed by atoms with Crippen LogP contribution in [-0.4, -0.2) is 25.2 Å². The van der Waals surface area contributed by atoms with Crippen LogP contribution in [0.15, 0.2) is 66.0 Å². The highest BCUT2D eigenvalue weighted by molar-refractivity contribution is 5.76. The number of aryl methyl sites for hydroxylation is 1. The molecule has 0 unspecified atom stereocenters. The Hall–Kier alpha value is -3.22. The SMILES string of the molecule is Cn1cnn(CC(=O)N[C@@H](c2ccccc2)c2cccnc2)c1=O. The summed E-state index contributed by atoms with van der Waals surface area (Å²) in [6.07, 6.45) is 4.77. The molecule has 0 aliphatic carbocycles. The van der Waals surface area contributed by atoms with Gasteiger partial charge in [0.2, 0.25) is 5.91 Å². The molecule has 1 aromatic carbocycles. The molecular weight excluding hydrogens is 306 g/mol. The van der Waals surface area contributed by atoms with Crippen LogP contribution in [0.25, 0.3) is 0 Å². The Bertz CT molecular complexity index is 831. The van der Waals surface area contributed by atoms with Gasteiger partial charge in [0, 0.05) is 19.4 Å². The van der Waals surface area contributed by atoms with Crippen molar-refractivity contribution in [1.82, 2.24) is 24.6 Å². The smallest absolute Gasteiger partial charge is 0.344 e. The van der Waals surface area contributed by atoms with Crippen LogP contribution >= 0.6 is 0 Å². The molecule has 7 nitrogen and oxygen atoms in total. The average molecular weight is 323 g/mol. The van der Waals surface area contributed by atoms with E-state index >= 15 is 0 Å². The van der Waals surface area contributed by atoms with Crippen molar-refractivity contribution in [2.24, 2.45) is 7.05 Å².